The monoisotopic (exact) mass is 256 g/mol. The quantitative estimate of drug-likeness (QED) is 0.730. The summed E-state index contributed by atoms with van der Waals surface area (Å²) in [5.41, 5.74) is 5.38. The second kappa shape index (κ2) is 7.10. The number of amides is 1. The Hall–Kier alpha value is -0.610. The van der Waals surface area contributed by atoms with Gasteiger partial charge in [0.05, 0.1) is 11.6 Å². The van der Waals surface area contributed by atoms with Crippen molar-refractivity contribution in [3.63, 3.8) is 0 Å². The Morgan fingerprint density at radius 1 is 1.56 bits per heavy atom. The summed E-state index contributed by atoms with van der Waals surface area (Å²) in [4.78, 5) is 12.0. The van der Waals surface area contributed by atoms with E-state index in [2.05, 4.69) is 19.2 Å². The van der Waals surface area contributed by atoms with Crippen molar-refractivity contribution in [1.82, 2.24) is 5.32 Å². The molecule has 3 unspecified atom stereocenters. The smallest absolute Gasteiger partial charge is 0.220 e. The molecule has 0 aliphatic carbocycles. The highest BCUT2D eigenvalue weighted by molar-refractivity contribution is 5.76. The average Bonchev–Trinajstić information content (AvgIpc) is 2.64. The van der Waals surface area contributed by atoms with Crippen LogP contribution in [0.5, 0.6) is 0 Å². The number of nitrogens with one attached hydrogen (secondary N) is 1. The molecule has 106 valence electrons. The fourth-order valence-electron chi connectivity index (χ4n) is 2.50. The second-order valence-electron chi connectivity index (χ2n) is 5.62. The number of carbonyl (C=O) groups excluding carboxylic acids is 1. The molecule has 1 aliphatic rings. The number of hydrogen-bond donors (Lipinski definition) is 2. The molecule has 1 fully saturated rings. The predicted octanol–water partition coefficient (Wildman–Crippen LogP) is 1.83. The Labute approximate surface area is 111 Å². The molecular weight excluding hydrogens is 228 g/mol. The molecule has 0 saturated carbocycles. The van der Waals surface area contributed by atoms with E-state index in [4.69, 9.17) is 10.5 Å². The first kappa shape index (κ1) is 15.4. The zero-order chi connectivity index (χ0) is 13.6. The molecule has 1 rings (SSSR count). The van der Waals surface area contributed by atoms with Crippen LogP contribution in [0.3, 0.4) is 0 Å². The fraction of sp³-hybridized carbons (Fsp3) is 0.929. The van der Waals surface area contributed by atoms with E-state index in [1.165, 1.54) is 0 Å². The first-order valence-corrected chi connectivity index (χ1v) is 7.14. The van der Waals surface area contributed by atoms with Crippen molar-refractivity contribution in [3.8, 4) is 0 Å². The lowest BCUT2D eigenvalue weighted by Crippen LogP contribution is -2.50. The number of ether oxygens (including phenoxy) is 1. The molecule has 4 heteroatoms. The van der Waals surface area contributed by atoms with E-state index in [0.29, 0.717) is 18.9 Å². The van der Waals surface area contributed by atoms with Crippen LogP contribution in [0.15, 0.2) is 0 Å². The molecule has 0 aromatic heterocycles. The molecule has 18 heavy (non-hydrogen) atoms. The number of nitrogens with two attached hydrogens (primary N) is 1. The minimum atomic E-state index is -0.188. The molecule has 0 spiro atoms. The Bertz CT molecular complexity index is 271. The Balaban J connectivity index is 2.33. The molecule has 1 saturated heterocycles. The minimum Gasteiger partial charge on any atom is -0.376 e. The van der Waals surface area contributed by atoms with Gasteiger partial charge in [0, 0.05) is 13.0 Å². The third kappa shape index (κ3) is 4.25. The van der Waals surface area contributed by atoms with E-state index in [1.54, 1.807) is 0 Å². The third-order valence-corrected chi connectivity index (χ3v) is 4.24. The lowest BCUT2D eigenvalue weighted by molar-refractivity contribution is -0.123. The van der Waals surface area contributed by atoms with Gasteiger partial charge in [-0.1, -0.05) is 13.3 Å². The second-order valence-corrected chi connectivity index (χ2v) is 5.62. The molecule has 3 atom stereocenters. The molecule has 0 bridgehead atoms. The lowest BCUT2D eigenvalue weighted by atomic mass is 9.93. The van der Waals surface area contributed by atoms with Gasteiger partial charge in [-0.15, -0.1) is 0 Å². The van der Waals surface area contributed by atoms with E-state index in [-0.39, 0.29) is 17.6 Å². The minimum absolute atomic E-state index is 0.104. The highest BCUT2D eigenvalue weighted by Crippen LogP contribution is 2.25. The SMILES string of the molecule is CCC(CCN)CCC(=O)NC1(C)CCOC1C. The third-order valence-electron chi connectivity index (χ3n) is 4.24. The van der Waals surface area contributed by atoms with Crippen molar-refractivity contribution in [2.45, 2.75) is 64.5 Å². The van der Waals surface area contributed by atoms with Crippen LogP contribution < -0.4 is 11.1 Å². The van der Waals surface area contributed by atoms with Crippen molar-refractivity contribution in [3.05, 3.63) is 0 Å². The maximum Gasteiger partial charge on any atom is 0.220 e. The molecule has 4 nitrogen and oxygen atoms in total. The highest BCUT2D eigenvalue weighted by Gasteiger charge is 2.38. The van der Waals surface area contributed by atoms with Gasteiger partial charge in [-0.25, -0.2) is 0 Å². The van der Waals surface area contributed by atoms with Crippen molar-refractivity contribution < 1.29 is 9.53 Å². The van der Waals surface area contributed by atoms with Gasteiger partial charge in [0.25, 0.3) is 0 Å². The van der Waals surface area contributed by atoms with Gasteiger partial charge in [0.15, 0.2) is 0 Å². The van der Waals surface area contributed by atoms with Gasteiger partial charge in [-0.3, -0.25) is 4.79 Å². The van der Waals surface area contributed by atoms with Gasteiger partial charge in [0.1, 0.15) is 0 Å². The number of rotatable bonds is 7. The van der Waals surface area contributed by atoms with Crippen LogP contribution in [0.2, 0.25) is 0 Å². The summed E-state index contributed by atoms with van der Waals surface area (Å²) in [6.07, 6.45) is 4.65. The summed E-state index contributed by atoms with van der Waals surface area (Å²) < 4.78 is 5.52. The maximum absolute atomic E-state index is 12.0. The molecule has 1 heterocycles. The molecule has 1 amide bonds. The number of hydrogen-bond acceptors (Lipinski definition) is 3. The van der Waals surface area contributed by atoms with Crippen molar-refractivity contribution in [2.24, 2.45) is 11.7 Å². The standard InChI is InChI=1S/C14H28N2O2/c1-4-12(7-9-15)5-6-13(17)16-14(3)8-10-18-11(14)2/h11-12H,4-10,15H2,1-3H3,(H,16,17). The van der Waals surface area contributed by atoms with Crippen LogP contribution in [-0.4, -0.2) is 30.7 Å². The van der Waals surface area contributed by atoms with Crippen molar-refractivity contribution in [1.29, 1.82) is 0 Å². The topological polar surface area (TPSA) is 64.4 Å². The zero-order valence-corrected chi connectivity index (χ0v) is 12.0. The van der Waals surface area contributed by atoms with Crippen LogP contribution in [0.25, 0.3) is 0 Å². The summed E-state index contributed by atoms with van der Waals surface area (Å²) in [6.45, 7) is 7.70. The van der Waals surface area contributed by atoms with Crippen LogP contribution in [0.4, 0.5) is 0 Å². The van der Waals surface area contributed by atoms with Gasteiger partial charge in [0.2, 0.25) is 5.91 Å². The van der Waals surface area contributed by atoms with Gasteiger partial charge in [-0.05, 0) is 45.6 Å². The summed E-state index contributed by atoms with van der Waals surface area (Å²) in [5, 5.41) is 3.13. The van der Waals surface area contributed by atoms with E-state index < -0.39 is 0 Å². The first-order valence-electron chi connectivity index (χ1n) is 7.14. The highest BCUT2D eigenvalue weighted by atomic mass is 16.5. The van der Waals surface area contributed by atoms with E-state index >= 15 is 0 Å². The van der Waals surface area contributed by atoms with Crippen LogP contribution >= 0.6 is 0 Å². The molecule has 0 aromatic carbocycles. The molecule has 1 aliphatic heterocycles. The van der Waals surface area contributed by atoms with Crippen molar-refractivity contribution in [2.75, 3.05) is 13.2 Å². The van der Waals surface area contributed by atoms with E-state index in [1.807, 2.05) is 6.92 Å². The summed E-state index contributed by atoms with van der Waals surface area (Å²) >= 11 is 0. The first-order chi connectivity index (χ1) is 8.51. The van der Waals surface area contributed by atoms with Gasteiger partial charge in [-0.2, -0.15) is 0 Å². The predicted molar refractivity (Wildman–Crippen MR) is 73.3 cm³/mol. The summed E-state index contributed by atoms with van der Waals surface area (Å²) in [5.74, 6) is 0.719. The maximum atomic E-state index is 12.0. The van der Waals surface area contributed by atoms with Crippen LogP contribution in [-0.2, 0) is 9.53 Å². The number of carbonyl (C=O) groups is 1. The van der Waals surface area contributed by atoms with Crippen molar-refractivity contribution >= 4 is 5.91 Å². The Morgan fingerprint density at radius 3 is 2.78 bits per heavy atom. The normalized spacial score (nSPS) is 29.2. The fourth-order valence-corrected chi connectivity index (χ4v) is 2.50. The van der Waals surface area contributed by atoms with Gasteiger partial charge >= 0.3 is 0 Å². The lowest BCUT2D eigenvalue weighted by Gasteiger charge is -2.29. The largest absolute Gasteiger partial charge is 0.376 e. The van der Waals surface area contributed by atoms with E-state index in [0.717, 1.165) is 32.3 Å². The Morgan fingerprint density at radius 2 is 2.28 bits per heavy atom. The summed E-state index contributed by atoms with van der Waals surface area (Å²) in [6, 6.07) is 0. The molecule has 0 aromatic rings. The average molecular weight is 256 g/mol. The van der Waals surface area contributed by atoms with Crippen LogP contribution in [0, 0.1) is 5.92 Å². The summed E-state index contributed by atoms with van der Waals surface area (Å²) in [7, 11) is 0. The van der Waals surface area contributed by atoms with Gasteiger partial charge < -0.3 is 15.8 Å². The molecule has 0 radical (unpaired) electrons. The van der Waals surface area contributed by atoms with Crippen LogP contribution in [0.1, 0.15) is 52.9 Å². The van der Waals surface area contributed by atoms with E-state index in [9.17, 15) is 4.79 Å². The molecule has 3 N–H and O–H groups in total. The zero-order valence-electron chi connectivity index (χ0n) is 12.0. The Kier molecular flexibility index (Phi) is 6.09. The molecular formula is C14H28N2O2.